The van der Waals surface area contributed by atoms with E-state index in [0.29, 0.717) is 42.1 Å². The third-order valence-electron chi connectivity index (χ3n) is 7.57. The Morgan fingerprint density at radius 2 is 1.42 bits per heavy atom. The molecule has 1 fully saturated rings. The molecule has 0 aliphatic carbocycles. The van der Waals surface area contributed by atoms with Crippen LogP contribution in [0, 0.1) is 0 Å². The van der Waals surface area contributed by atoms with Crippen LogP contribution in [0.15, 0.2) is 91.0 Å². The first kappa shape index (κ1) is 44.4. The first-order chi connectivity index (χ1) is 23.3. The van der Waals surface area contributed by atoms with E-state index in [1.165, 1.54) is 24.9 Å². The molecule has 50 heavy (non-hydrogen) atoms. The number of nitrogens with zero attached hydrogens (tertiary/aromatic N) is 2. The molecule has 0 amide bonds. The first-order valence-corrected chi connectivity index (χ1v) is 16.5. The van der Waals surface area contributed by atoms with E-state index in [-0.39, 0.29) is 25.0 Å². The Labute approximate surface area is 310 Å². The van der Waals surface area contributed by atoms with E-state index in [9.17, 15) is 14.4 Å². The second-order valence-electron chi connectivity index (χ2n) is 11.6. The largest absolute Gasteiger partial charge is 0.482 e. The van der Waals surface area contributed by atoms with Gasteiger partial charge in [-0.05, 0) is 101 Å². The van der Waals surface area contributed by atoms with Gasteiger partial charge in [0.2, 0.25) is 0 Å². The highest BCUT2D eigenvalue weighted by atomic mass is 35.5. The summed E-state index contributed by atoms with van der Waals surface area (Å²) in [5.74, 6) is -2.29. The topological polar surface area (TPSA) is 126 Å². The molecule has 3 aromatic rings. The fraction of sp³-hybridized carbons (Fsp3) is 0.378. The van der Waals surface area contributed by atoms with Crippen molar-refractivity contribution < 1.29 is 38.8 Å². The fourth-order valence-electron chi connectivity index (χ4n) is 4.80. The molecule has 2 N–H and O–H groups in total. The number of rotatable bonds is 14. The molecule has 1 aliphatic heterocycles. The average Bonchev–Trinajstić information content (AvgIpc) is 3.48. The highest BCUT2D eigenvalue weighted by Gasteiger charge is 2.30. The van der Waals surface area contributed by atoms with E-state index in [2.05, 4.69) is 55.3 Å². The predicted molar refractivity (Wildman–Crippen MR) is 199 cm³/mol. The van der Waals surface area contributed by atoms with Gasteiger partial charge >= 0.3 is 17.9 Å². The van der Waals surface area contributed by atoms with Crippen molar-refractivity contribution in [1.82, 2.24) is 9.80 Å². The standard InChI is InChI=1S/C21H26ClNO.C12H16ClNO3.C4H4O4.ClH/c1-21(17-7-4-3-5-8-17,18-10-12-19(22)13-11-18)24-16-14-20-9-6-15-23(20)2;1-14(2)7-8-16-12(15)9-17-11-5-3-10(13)4-6-11;5-3(6)1-2-4(7)8;/h3-5,7-8,10-13,20H,6,9,14-16H2,1-2H3;3-6H,7-9H2,1-2H3;1-2H,(H,5,6)(H,7,8);1H. The zero-order valence-electron chi connectivity index (χ0n) is 28.8. The molecule has 1 aliphatic rings. The summed E-state index contributed by atoms with van der Waals surface area (Å²) in [6, 6.07) is 25.9. The zero-order valence-corrected chi connectivity index (χ0v) is 31.1. The molecule has 274 valence electrons. The van der Waals surface area contributed by atoms with E-state index < -0.39 is 17.5 Å². The Bertz CT molecular complexity index is 1440. The van der Waals surface area contributed by atoms with Crippen LogP contribution in [0.4, 0.5) is 0 Å². The molecular formula is C37H47Cl3N2O8. The van der Waals surface area contributed by atoms with Gasteiger partial charge in [0.25, 0.3) is 0 Å². The predicted octanol–water partition coefficient (Wildman–Crippen LogP) is 7.06. The normalized spacial score (nSPS) is 15.1. The minimum Gasteiger partial charge on any atom is -0.482 e. The summed E-state index contributed by atoms with van der Waals surface area (Å²) in [7, 11) is 6.04. The maximum atomic E-state index is 11.3. The molecule has 4 rings (SSSR count). The average molecular weight is 754 g/mol. The molecule has 1 heterocycles. The van der Waals surface area contributed by atoms with Gasteiger partial charge in [0.05, 0.1) is 0 Å². The summed E-state index contributed by atoms with van der Waals surface area (Å²) in [5.41, 5.74) is 1.85. The number of hydrogen-bond acceptors (Lipinski definition) is 8. The van der Waals surface area contributed by atoms with Crippen LogP contribution in [0.3, 0.4) is 0 Å². The number of carboxylic acids is 2. The van der Waals surface area contributed by atoms with Crippen LogP contribution in [0.1, 0.15) is 37.3 Å². The van der Waals surface area contributed by atoms with Crippen LogP contribution >= 0.6 is 35.6 Å². The van der Waals surface area contributed by atoms with Crippen LogP contribution in [0.2, 0.25) is 10.0 Å². The number of likely N-dealkylation sites (tertiary alicyclic amines) is 1. The number of carboxylic acid groups (broad SMARTS) is 2. The lowest BCUT2D eigenvalue weighted by molar-refractivity contribution is -0.146. The SMILES string of the molecule is CN(C)CCOC(=O)COc1ccc(Cl)cc1.CN1CCCC1CCOC(C)(c1ccccc1)c1ccc(Cl)cc1.Cl.O=C(O)C=CC(=O)O. The van der Waals surface area contributed by atoms with Crippen molar-refractivity contribution in [3.8, 4) is 5.75 Å². The van der Waals surface area contributed by atoms with Gasteiger partial charge in [-0.15, -0.1) is 12.4 Å². The molecule has 1 saturated heterocycles. The molecule has 0 bridgehead atoms. The summed E-state index contributed by atoms with van der Waals surface area (Å²) in [6.45, 7) is 5.10. The summed E-state index contributed by atoms with van der Waals surface area (Å²) >= 11 is 11.8. The Morgan fingerprint density at radius 3 is 1.92 bits per heavy atom. The summed E-state index contributed by atoms with van der Waals surface area (Å²) < 4.78 is 16.7. The van der Waals surface area contributed by atoms with Gasteiger partial charge in [0, 0.05) is 41.4 Å². The maximum absolute atomic E-state index is 11.3. The van der Waals surface area contributed by atoms with E-state index in [1.54, 1.807) is 24.3 Å². The quantitative estimate of drug-likeness (QED) is 0.131. The number of carbonyl (C=O) groups is 3. The third kappa shape index (κ3) is 17.3. The molecular weight excluding hydrogens is 707 g/mol. The zero-order chi connectivity index (χ0) is 36.2. The van der Waals surface area contributed by atoms with E-state index in [4.69, 9.17) is 47.6 Å². The van der Waals surface area contributed by atoms with Gasteiger partial charge in [0.1, 0.15) is 18.0 Å². The number of hydrogen-bond donors (Lipinski definition) is 2. The van der Waals surface area contributed by atoms with Crippen LogP contribution in [0.25, 0.3) is 0 Å². The third-order valence-corrected chi connectivity index (χ3v) is 8.08. The minimum absolute atomic E-state index is 0. The monoisotopic (exact) mass is 752 g/mol. The van der Waals surface area contributed by atoms with E-state index >= 15 is 0 Å². The Hall–Kier alpha value is -3.64. The van der Waals surface area contributed by atoms with Crippen LogP contribution in [0.5, 0.6) is 5.75 Å². The van der Waals surface area contributed by atoms with Crippen molar-refractivity contribution in [2.24, 2.45) is 0 Å². The Balaban J connectivity index is 0.000000420. The number of aliphatic carboxylic acids is 2. The van der Waals surface area contributed by atoms with Crippen molar-refractivity contribution >= 4 is 53.5 Å². The second kappa shape index (κ2) is 23.7. The van der Waals surface area contributed by atoms with Gasteiger partial charge in [-0.1, -0.05) is 65.7 Å². The number of carbonyl (C=O) groups excluding carboxylic acids is 1. The van der Waals surface area contributed by atoms with Crippen LogP contribution < -0.4 is 4.74 Å². The lowest BCUT2D eigenvalue weighted by atomic mass is 9.88. The molecule has 0 saturated carbocycles. The number of benzene rings is 3. The lowest BCUT2D eigenvalue weighted by Crippen LogP contribution is -2.31. The minimum atomic E-state index is -1.26. The molecule has 2 unspecified atom stereocenters. The summed E-state index contributed by atoms with van der Waals surface area (Å²) in [6.07, 6.45) is 4.77. The van der Waals surface area contributed by atoms with Gasteiger partial charge in [0.15, 0.2) is 6.61 Å². The smallest absolute Gasteiger partial charge is 0.344 e. The molecule has 0 radical (unpaired) electrons. The molecule has 3 aromatic carbocycles. The van der Waals surface area contributed by atoms with Crippen molar-refractivity contribution in [2.75, 3.05) is 54.1 Å². The molecule has 10 nitrogen and oxygen atoms in total. The van der Waals surface area contributed by atoms with Crippen molar-refractivity contribution in [2.45, 2.75) is 37.8 Å². The molecule has 2 atom stereocenters. The number of likely N-dealkylation sites (N-methyl/N-ethyl adjacent to an activating group) is 1. The first-order valence-electron chi connectivity index (χ1n) is 15.8. The lowest BCUT2D eigenvalue weighted by Gasteiger charge is -2.32. The van der Waals surface area contributed by atoms with Crippen LogP contribution in [-0.4, -0.2) is 98.0 Å². The summed E-state index contributed by atoms with van der Waals surface area (Å²) in [5, 5.41) is 17.0. The Morgan fingerprint density at radius 1 is 0.880 bits per heavy atom. The summed E-state index contributed by atoms with van der Waals surface area (Å²) in [4.78, 5) is 34.8. The van der Waals surface area contributed by atoms with Gasteiger partial charge in [-0.25, -0.2) is 14.4 Å². The van der Waals surface area contributed by atoms with Gasteiger partial charge in [-0.2, -0.15) is 0 Å². The van der Waals surface area contributed by atoms with E-state index in [1.807, 2.05) is 37.2 Å². The van der Waals surface area contributed by atoms with Gasteiger partial charge < -0.3 is 34.2 Å². The maximum Gasteiger partial charge on any atom is 0.344 e. The van der Waals surface area contributed by atoms with Crippen molar-refractivity contribution in [1.29, 1.82) is 0 Å². The fourth-order valence-corrected chi connectivity index (χ4v) is 5.05. The highest BCUT2D eigenvalue weighted by Crippen LogP contribution is 2.34. The van der Waals surface area contributed by atoms with Crippen molar-refractivity contribution in [3.05, 3.63) is 112 Å². The van der Waals surface area contributed by atoms with Gasteiger partial charge in [-0.3, -0.25) is 0 Å². The number of ether oxygens (including phenoxy) is 3. The number of halogens is 3. The molecule has 0 aromatic heterocycles. The number of esters is 1. The molecule has 13 heteroatoms. The highest BCUT2D eigenvalue weighted by molar-refractivity contribution is 6.30. The van der Waals surface area contributed by atoms with E-state index in [0.717, 1.165) is 23.6 Å². The van der Waals surface area contributed by atoms with Crippen LogP contribution in [-0.2, 0) is 29.5 Å². The molecule has 0 spiro atoms. The van der Waals surface area contributed by atoms with Crippen molar-refractivity contribution in [3.63, 3.8) is 0 Å². The second-order valence-corrected chi connectivity index (χ2v) is 12.5. The Kier molecular flexibility index (Phi) is 21.0.